The van der Waals surface area contributed by atoms with Crippen molar-refractivity contribution >= 4 is 17.3 Å². The van der Waals surface area contributed by atoms with Gasteiger partial charge in [0.15, 0.2) is 0 Å². The molecule has 0 bridgehead atoms. The van der Waals surface area contributed by atoms with Crippen LogP contribution in [0, 0.1) is 0 Å². The Morgan fingerprint density at radius 2 is 1.91 bits per heavy atom. The van der Waals surface area contributed by atoms with E-state index < -0.39 is 0 Å². The zero-order valence-corrected chi connectivity index (χ0v) is 13.4. The van der Waals surface area contributed by atoms with E-state index in [4.69, 9.17) is 4.74 Å². The van der Waals surface area contributed by atoms with Crippen molar-refractivity contribution in [1.29, 1.82) is 0 Å². The molecule has 1 fully saturated rings. The van der Waals surface area contributed by atoms with Crippen LogP contribution in [0.5, 0.6) is 5.75 Å². The quantitative estimate of drug-likeness (QED) is 0.792. The SMILES string of the molecule is CCOc1ccc(NC(C)C(=O)NN=C2CCCCC2)cc1. The number of nitrogens with zero attached hydrogens (tertiary/aromatic N) is 1. The maximum absolute atomic E-state index is 12.1. The molecule has 0 heterocycles. The van der Waals surface area contributed by atoms with Crippen LogP contribution in [0.25, 0.3) is 0 Å². The molecule has 1 unspecified atom stereocenters. The van der Waals surface area contributed by atoms with Crippen molar-refractivity contribution in [2.75, 3.05) is 11.9 Å². The first-order chi connectivity index (χ1) is 10.7. The summed E-state index contributed by atoms with van der Waals surface area (Å²) in [6.45, 7) is 4.42. The third-order valence-electron chi connectivity index (χ3n) is 3.70. The van der Waals surface area contributed by atoms with Gasteiger partial charge in [0, 0.05) is 11.4 Å². The summed E-state index contributed by atoms with van der Waals surface area (Å²) in [6, 6.07) is 7.24. The van der Waals surface area contributed by atoms with Crippen LogP contribution in [-0.4, -0.2) is 24.3 Å². The fraction of sp³-hybridized carbons (Fsp3) is 0.529. The number of ether oxygens (including phenoxy) is 1. The van der Waals surface area contributed by atoms with Gasteiger partial charge >= 0.3 is 0 Å². The van der Waals surface area contributed by atoms with Gasteiger partial charge in [0.25, 0.3) is 5.91 Å². The Kier molecular flexibility index (Phi) is 6.25. The zero-order valence-electron chi connectivity index (χ0n) is 13.4. The van der Waals surface area contributed by atoms with E-state index in [-0.39, 0.29) is 11.9 Å². The summed E-state index contributed by atoms with van der Waals surface area (Å²) in [5.74, 6) is 0.709. The lowest BCUT2D eigenvalue weighted by Crippen LogP contribution is -2.35. The van der Waals surface area contributed by atoms with Crippen LogP contribution in [-0.2, 0) is 4.79 Å². The lowest BCUT2D eigenvalue weighted by molar-refractivity contribution is -0.121. The van der Waals surface area contributed by atoms with E-state index in [1.54, 1.807) is 0 Å². The van der Waals surface area contributed by atoms with E-state index in [1.165, 1.54) is 19.3 Å². The average molecular weight is 303 g/mol. The van der Waals surface area contributed by atoms with Crippen molar-refractivity contribution in [2.45, 2.75) is 52.0 Å². The van der Waals surface area contributed by atoms with E-state index in [1.807, 2.05) is 38.1 Å². The van der Waals surface area contributed by atoms with Crippen molar-refractivity contribution in [2.24, 2.45) is 5.10 Å². The van der Waals surface area contributed by atoms with Gasteiger partial charge in [0.2, 0.25) is 0 Å². The Bertz CT molecular complexity index is 503. The predicted octanol–water partition coefficient (Wildman–Crippen LogP) is 3.32. The van der Waals surface area contributed by atoms with Gasteiger partial charge in [-0.3, -0.25) is 4.79 Å². The molecule has 0 aliphatic heterocycles. The average Bonchev–Trinajstić information content (AvgIpc) is 2.55. The standard InChI is InChI=1S/C17H25N3O2/c1-3-22-16-11-9-14(10-12-16)18-13(2)17(21)20-19-15-7-5-4-6-8-15/h9-13,18H,3-8H2,1-2H3,(H,20,21). The second-order valence-electron chi connectivity index (χ2n) is 5.54. The number of amides is 1. The minimum atomic E-state index is -0.342. The molecule has 2 rings (SSSR count). The van der Waals surface area contributed by atoms with E-state index >= 15 is 0 Å². The molecule has 5 nitrogen and oxygen atoms in total. The maximum Gasteiger partial charge on any atom is 0.262 e. The highest BCUT2D eigenvalue weighted by Gasteiger charge is 2.13. The van der Waals surface area contributed by atoms with E-state index in [0.29, 0.717) is 6.61 Å². The summed E-state index contributed by atoms with van der Waals surface area (Å²) < 4.78 is 5.39. The molecule has 0 aromatic heterocycles. The molecule has 1 aliphatic carbocycles. The molecule has 22 heavy (non-hydrogen) atoms. The number of hydrogen-bond donors (Lipinski definition) is 2. The van der Waals surface area contributed by atoms with Crippen LogP contribution in [0.15, 0.2) is 29.4 Å². The number of carbonyl (C=O) groups is 1. The Morgan fingerprint density at radius 3 is 2.55 bits per heavy atom. The fourth-order valence-corrected chi connectivity index (χ4v) is 2.43. The van der Waals surface area contributed by atoms with E-state index in [2.05, 4.69) is 15.8 Å². The lowest BCUT2D eigenvalue weighted by Gasteiger charge is -2.16. The molecule has 0 spiro atoms. The predicted molar refractivity (Wildman–Crippen MR) is 89.4 cm³/mol. The second-order valence-corrected chi connectivity index (χ2v) is 5.54. The summed E-state index contributed by atoms with van der Waals surface area (Å²) in [4.78, 5) is 12.1. The summed E-state index contributed by atoms with van der Waals surface area (Å²) in [6.07, 6.45) is 5.62. The van der Waals surface area contributed by atoms with Gasteiger partial charge in [-0.25, -0.2) is 5.43 Å². The number of hydrogen-bond acceptors (Lipinski definition) is 4. The van der Waals surface area contributed by atoms with Crippen LogP contribution in [0.3, 0.4) is 0 Å². The zero-order chi connectivity index (χ0) is 15.8. The molecule has 1 aliphatic rings. The Hall–Kier alpha value is -2.04. The molecule has 2 N–H and O–H groups in total. The van der Waals surface area contributed by atoms with E-state index in [9.17, 15) is 4.79 Å². The number of nitrogens with one attached hydrogen (secondary N) is 2. The van der Waals surface area contributed by atoms with Gasteiger partial charge in [-0.05, 0) is 63.8 Å². The Morgan fingerprint density at radius 1 is 1.23 bits per heavy atom. The minimum absolute atomic E-state index is 0.119. The van der Waals surface area contributed by atoms with Gasteiger partial charge < -0.3 is 10.1 Å². The first-order valence-electron chi connectivity index (χ1n) is 8.03. The summed E-state index contributed by atoms with van der Waals surface area (Å²) in [5.41, 5.74) is 4.66. The Balaban J connectivity index is 1.82. The van der Waals surface area contributed by atoms with Crippen molar-refractivity contribution in [3.63, 3.8) is 0 Å². The highest BCUT2D eigenvalue weighted by atomic mass is 16.5. The van der Waals surface area contributed by atoms with Gasteiger partial charge in [-0.1, -0.05) is 6.42 Å². The molecule has 1 aromatic rings. The number of anilines is 1. The second kappa shape index (κ2) is 8.41. The molecule has 0 saturated heterocycles. The molecule has 1 saturated carbocycles. The normalized spacial score (nSPS) is 15.8. The molecule has 120 valence electrons. The highest BCUT2D eigenvalue weighted by molar-refractivity contribution is 5.88. The Labute approximate surface area is 132 Å². The molecule has 0 radical (unpaired) electrons. The third kappa shape index (κ3) is 5.06. The minimum Gasteiger partial charge on any atom is -0.494 e. The molecule has 1 amide bonds. The smallest absolute Gasteiger partial charge is 0.262 e. The maximum atomic E-state index is 12.1. The monoisotopic (exact) mass is 303 g/mol. The van der Waals surface area contributed by atoms with E-state index in [0.717, 1.165) is 30.0 Å². The van der Waals surface area contributed by atoms with Crippen LogP contribution in [0.1, 0.15) is 46.0 Å². The molecular formula is C17H25N3O2. The van der Waals surface area contributed by atoms with Crippen molar-refractivity contribution < 1.29 is 9.53 Å². The number of benzene rings is 1. The number of rotatable bonds is 6. The van der Waals surface area contributed by atoms with Gasteiger partial charge in [0.1, 0.15) is 11.8 Å². The molecule has 1 atom stereocenters. The van der Waals surface area contributed by atoms with Crippen molar-refractivity contribution in [3.8, 4) is 5.75 Å². The lowest BCUT2D eigenvalue weighted by atomic mass is 9.99. The first kappa shape index (κ1) is 16.3. The third-order valence-corrected chi connectivity index (χ3v) is 3.70. The van der Waals surface area contributed by atoms with Crippen LogP contribution in [0.2, 0.25) is 0 Å². The first-order valence-corrected chi connectivity index (χ1v) is 8.03. The van der Waals surface area contributed by atoms with Gasteiger partial charge in [-0.15, -0.1) is 0 Å². The van der Waals surface area contributed by atoms with Crippen LogP contribution in [0.4, 0.5) is 5.69 Å². The topological polar surface area (TPSA) is 62.7 Å². The largest absolute Gasteiger partial charge is 0.494 e. The van der Waals surface area contributed by atoms with Crippen molar-refractivity contribution in [1.82, 2.24) is 5.43 Å². The fourth-order valence-electron chi connectivity index (χ4n) is 2.43. The van der Waals surface area contributed by atoms with Crippen molar-refractivity contribution in [3.05, 3.63) is 24.3 Å². The molecular weight excluding hydrogens is 278 g/mol. The number of carbonyl (C=O) groups excluding carboxylic acids is 1. The summed E-state index contributed by atoms with van der Waals surface area (Å²) in [7, 11) is 0. The molecule has 1 aromatic carbocycles. The van der Waals surface area contributed by atoms with Gasteiger partial charge in [-0.2, -0.15) is 5.10 Å². The molecule has 5 heteroatoms. The van der Waals surface area contributed by atoms with Crippen LogP contribution >= 0.6 is 0 Å². The highest BCUT2D eigenvalue weighted by Crippen LogP contribution is 2.16. The summed E-state index contributed by atoms with van der Waals surface area (Å²) in [5, 5.41) is 7.40. The number of hydrazone groups is 1. The summed E-state index contributed by atoms with van der Waals surface area (Å²) >= 11 is 0. The van der Waals surface area contributed by atoms with Crippen LogP contribution < -0.4 is 15.5 Å². The van der Waals surface area contributed by atoms with Gasteiger partial charge in [0.05, 0.1) is 6.61 Å².